The molecular formula is C20H24F2N2O2. The number of hydrogen-bond acceptors (Lipinski definition) is 2. The third kappa shape index (κ3) is 2.99. The van der Waals surface area contributed by atoms with E-state index in [2.05, 4.69) is 6.92 Å². The number of aromatic nitrogens is 2. The molecule has 4 rings (SSSR count). The van der Waals surface area contributed by atoms with Crippen molar-refractivity contribution in [1.82, 2.24) is 9.38 Å². The maximum absolute atomic E-state index is 13.5. The third-order valence-corrected chi connectivity index (χ3v) is 6.14. The van der Waals surface area contributed by atoms with Gasteiger partial charge in [0.05, 0.1) is 11.3 Å². The Morgan fingerprint density at radius 1 is 1.27 bits per heavy atom. The molecule has 0 radical (unpaired) electrons. The molecule has 0 unspecified atom stereocenters. The van der Waals surface area contributed by atoms with Gasteiger partial charge in [-0.25, -0.2) is 18.6 Å². The summed E-state index contributed by atoms with van der Waals surface area (Å²) in [6.45, 7) is 4.07. The standard InChI is InChI=1S/C20H24F2N2O2/c1-12-9-14(18(25)26)11-16-23-17(19(2)7-8-19)15(24(12)16)10-13-3-5-20(21,22)6-4-13/h9,11,13H,3-8,10H2,1-2H3,(H,25,26). The van der Waals surface area contributed by atoms with E-state index in [9.17, 15) is 18.7 Å². The second kappa shape index (κ2) is 5.76. The minimum Gasteiger partial charge on any atom is -0.478 e. The van der Waals surface area contributed by atoms with Gasteiger partial charge in [0.25, 0.3) is 0 Å². The lowest BCUT2D eigenvalue weighted by atomic mass is 9.83. The lowest BCUT2D eigenvalue weighted by molar-refractivity contribution is -0.0457. The van der Waals surface area contributed by atoms with Gasteiger partial charge in [-0.15, -0.1) is 0 Å². The van der Waals surface area contributed by atoms with E-state index < -0.39 is 11.9 Å². The van der Waals surface area contributed by atoms with Crippen molar-refractivity contribution in [3.8, 4) is 0 Å². The minimum atomic E-state index is -2.52. The largest absolute Gasteiger partial charge is 0.478 e. The van der Waals surface area contributed by atoms with Gasteiger partial charge in [0.1, 0.15) is 5.65 Å². The Morgan fingerprint density at radius 2 is 1.92 bits per heavy atom. The van der Waals surface area contributed by atoms with Gasteiger partial charge in [-0.3, -0.25) is 0 Å². The highest BCUT2D eigenvalue weighted by molar-refractivity contribution is 5.89. The average Bonchev–Trinajstić information content (AvgIpc) is 3.19. The van der Waals surface area contributed by atoms with E-state index in [1.54, 1.807) is 12.1 Å². The van der Waals surface area contributed by atoms with Gasteiger partial charge < -0.3 is 9.51 Å². The number of carboxylic acid groups (broad SMARTS) is 1. The van der Waals surface area contributed by atoms with Crippen LogP contribution in [0.4, 0.5) is 8.78 Å². The molecule has 2 aromatic heterocycles. The number of rotatable bonds is 4. The second-order valence-electron chi connectivity index (χ2n) is 8.36. The van der Waals surface area contributed by atoms with E-state index in [1.807, 2.05) is 11.3 Å². The van der Waals surface area contributed by atoms with Gasteiger partial charge in [0, 0.05) is 29.6 Å². The highest BCUT2D eigenvalue weighted by Gasteiger charge is 2.44. The second-order valence-corrected chi connectivity index (χ2v) is 8.36. The van der Waals surface area contributed by atoms with Crippen LogP contribution in [0.3, 0.4) is 0 Å². The Balaban J connectivity index is 1.75. The summed E-state index contributed by atoms with van der Waals surface area (Å²) in [5.41, 5.74) is 3.87. The number of imidazole rings is 1. The first kappa shape index (κ1) is 17.4. The summed E-state index contributed by atoms with van der Waals surface area (Å²) in [7, 11) is 0. The summed E-state index contributed by atoms with van der Waals surface area (Å²) >= 11 is 0. The molecule has 2 aliphatic carbocycles. The Morgan fingerprint density at radius 3 is 2.50 bits per heavy atom. The topological polar surface area (TPSA) is 54.6 Å². The van der Waals surface area contributed by atoms with E-state index in [-0.39, 0.29) is 29.7 Å². The lowest BCUT2D eigenvalue weighted by Crippen LogP contribution is -2.26. The van der Waals surface area contributed by atoms with Crippen LogP contribution in [-0.2, 0) is 11.8 Å². The van der Waals surface area contributed by atoms with Crippen LogP contribution < -0.4 is 0 Å². The summed E-state index contributed by atoms with van der Waals surface area (Å²) in [5.74, 6) is -3.25. The summed E-state index contributed by atoms with van der Waals surface area (Å²) in [6, 6.07) is 3.28. The predicted molar refractivity (Wildman–Crippen MR) is 94.1 cm³/mol. The molecule has 0 saturated heterocycles. The van der Waals surface area contributed by atoms with E-state index in [1.165, 1.54) is 0 Å². The molecule has 0 atom stereocenters. The Bertz CT molecular complexity index is 874. The quantitative estimate of drug-likeness (QED) is 0.853. The van der Waals surface area contributed by atoms with E-state index in [0.29, 0.717) is 18.5 Å². The third-order valence-electron chi connectivity index (χ3n) is 6.14. The number of alkyl halides is 2. The molecule has 26 heavy (non-hydrogen) atoms. The number of halogens is 2. The van der Waals surface area contributed by atoms with Gasteiger partial charge in [0.2, 0.25) is 5.92 Å². The fraction of sp³-hybridized carbons (Fsp3) is 0.600. The molecule has 6 heteroatoms. The van der Waals surface area contributed by atoms with Crippen LogP contribution in [0.5, 0.6) is 0 Å². The monoisotopic (exact) mass is 362 g/mol. The van der Waals surface area contributed by atoms with Crippen molar-refractivity contribution < 1.29 is 18.7 Å². The van der Waals surface area contributed by atoms with Gasteiger partial charge in [-0.2, -0.15) is 0 Å². The summed E-state index contributed by atoms with van der Waals surface area (Å²) in [5, 5.41) is 9.32. The molecular weight excluding hydrogens is 338 g/mol. The molecule has 0 aromatic carbocycles. The minimum absolute atomic E-state index is 0.0375. The molecule has 2 fully saturated rings. The van der Waals surface area contributed by atoms with Gasteiger partial charge in [-0.05, 0) is 57.1 Å². The molecule has 2 heterocycles. The molecule has 2 saturated carbocycles. The van der Waals surface area contributed by atoms with E-state index in [4.69, 9.17) is 4.98 Å². The zero-order chi connectivity index (χ0) is 18.7. The lowest BCUT2D eigenvalue weighted by Gasteiger charge is -2.28. The zero-order valence-corrected chi connectivity index (χ0v) is 15.2. The summed E-state index contributed by atoms with van der Waals surface area (Å²) < 4.78 is 29.0. The van der Waals surface area contributed by atoms with Crippen molar-refractivity contribution in [2.24, 2.45) is 5.92 Å². The van der Waals surface area contributed by atoms with Crippen molar-refractivity contribution in [3.05, 3.63) is 34.8 Å². The number of fused-ring (bicyclic) bond motifs is 1. The van der Waals surface area contributed by atoms with Crippen LogP contribution in [0.1, 0.15) is 72.9 Å². The summed E-state index contributed by atoms with van der Waals surface area (Å²) in [4.78, 5) is 16.2. The van der Waals surface area contributed by atoms with E-state index >= 15 is 0 Å². The molecule has 0 amide bonds. The molecule has 2 aromatic rings. The van der Waals surface area contributed by atoms with Crippen LogP contribution in [0, 0.1) is 12.8 Å². The molecule has 2 aliphatic rings. The zero-order valence-electron chi connectivity index (χ0n) is 15.2. The Hall–Kier alpha value is -1.98. The number of carbonyl (C=O) groups is 1. The molecule has 4 nitrogen and oxygen atoms in total. The first-order chi connectivity index (χ1) is 12.2. The maximum atomic E-state index is 13.5. The fourth-order valence-corrected chi connectivity index (χ4v) is 4.23. The van der Waals surface area contributed by atoms with Crippen LogP contribution in [0.15, 0.2) is 12.1 Å². The number of aryl methyl sites for hydroxylation is 1. The van der Waals surface area contributed by atoms with Crippen LogP contribution in [0.25, 0.3) is 5.65 Å². The van der Waals surface area contributed by atoms with Crippen LogP contribution in [0.2, 0.25) is 0 Å². The van der Waals surface area contributed by atoms with Gasteiger partial charge in [-0.1, -0.05) is 6.92 Å². The highest BCUT2D eigenvalue weighted by atomic mass is 19.3. The molecule has 0 aliphatic heterocycles. The van der Waals surface area contributed by atoms with Crippen molar-refractivity contribution in [1.29, 1.82) is 0 Å². The maximum Gasteiger partial charge on any atom is 0.335 e. The van der Waals surface area contributed by atoms with Gasteiger partial charge in [0.15, 0.2) is 0 Å². The SMILES string of the molecule is Cc1cc(C(=O)O)cc2nc(C3(C)CC3)c(CC3CCC(F)(F)CC3)n12. The Labute approximate surface area is 151 Å². The van der Waals surface area contributed by atoms with Crippen molar-refractivity contribution in [2.45, 2.75) is 70.1 Å². The Kier molecular flexibility index (Phi) is 3.86. The molecule has 0 bridgehead atoms. The van der Waals surface area contributed by atoms with Crippen molar-refractivity contribution >= 4 is 11.6 Å². The number of nitrogens with zero attached hydrogens (tertiary/aromatic N) is 2. The number of pyridine rings is 1. The molecule has 140 valence electrons. The van der Waals surface area contributed by atoms with Crippen LogP contribution >= 0.6 is 0 Å². The van der Waals surface area contributed by atoms with Crippen LogP contribution in [-0.4, -0.2) is 26.4 Å². The van der Waals surface area contributed by atoms with Gasteiger partial charge >= 0.3 is 5.97 Å². The number of hydrogen-bond donors (Lipinski definition) is 1. The number of aromatic carboxylic acids is 1. The normalized spacial score (nSPS) is 21.8. The summed E-state index contributed by atoms with van der Waals surface area (Å²) in [6.07, 6.45) is 3.85. The number of carboxylic acids is 1. The predicted octanol–water partition coefficient (Wildman–Crippen LogP) is 4.76. The van der Waals surface area contributed by atoms with E-state index in [0.717, 1.165) is 36.3 Å². The van der Waals surface area contributed by atoms with Crippen molar-refractivity contribution in [2.75, 3.05) is 0 Å². The highest BCUT2D eigenvalue weighted by Crippen LogP contribution is 2.49. The smallest absolute Gasteiger partial charge is 0.335 e. The molecule has 0 spiro atoms. The first-order valence-electron chi connectivity index (χ1n) is 9.32. The van der Waals surface area contributed by atoms with Crippen molar-refractivity contribution in [3.63, 3.8) is 0 Å². The average molecular weight is 362 g/mol. The fourth-order valence-electron chi connectivity index (χ4n) is 4.23. The molecule has 1 N–H and O–H groups in total. The first-order valence-corrected chi connectivity index (χ1v) is 9.32.